The highest BCUT2D eigenvalue weighted by molar-refractivity contribution is 7.80. The molecule has 0 spiro atoms. The van der Waals surface area contributed by atoms with Gasteiger partial charge < -0.3 is 34.9 Å². The molecule has 2 amide bonds. The summed E-state index contributed by atoms with van der Waals surface area (Å²) in [5.74, 6) is 3.56. The summed E-state index contributed by atoms with van der Waals surface area (Å²) >= 11 is 3.98. The molecule has 3 heterocycles. The lowest BCUT2D eigenvalue weighted by Gasteiger charge is -2.16. The highest BCUT2D eigenvalue weighted by Crippen LogP contribution is 2.48. The van der Waals surface area contributed by atoms with Gasteiger partial charge in [0.2, 0.25) is 0 Å². The minimum Gasteiger partial charge on any atom is -0.383 e. The number of anilines is 1. The molecule has 4 atom stereocenters. The Morgan fingerprint density at radius 1 is 1.34 bits per heavy atom. The molecule has 0 radical (unpaired) electrons. The zero-order chi connectivity index (χ0) is 27.4. The summed E-state index contributed by atoms with van der Waals surface area (Å²) in [4.78, 5) is 38.5. The summed E-state index contributed by atoms with van der Waals surface area (Å²) < 4.78 is 33.7. The number of hydrogen-bond donors (Lipinski definition) is 6. The fraction of sp³-hybridized carbons (Fsp3) is 0.571. The third-order valence-electron chi connectivity index (χ3n) is 5.60. The molecule has 1 fully saturated rings. The summed E-state index contributed by atoms with van der Waals surface area (Å²) in [5.41, 5.74) is 7.17. The smallest absolute Gasteiger partial charge is 0.383 e. The van der Waals surface area contributed by atoms with Gasteiger partial charge in [0.15, 0.2) is 9.03 Å². The van der Waals surface area contributed by atoms with E-state index in [0.29, 0.717) is 54.9 Å². The fourth-order valence-corrected chi connectivity index (χ4v) is 4.96. The first-order chi connectivity index (χ1) is 18.3. The van der Waals surface area contributed by atoms with E-state index in [-0.39, 0.29) is 24.8 Å². The number of fused-ring (bicyclic) bond motifs is 1. The Labute approximate surface area is 227 Å². The van der Waals surface area contributed by atoms with Crippen LogP contribution in [-0.4, -0.2) is 62.2 Å². The number of nitrogens with zero attached hydrogens (tertiary/aromatic N) is 3. The van der Waals surface area contributed by atoms with Crippen molar-refractivity contribution >= 4 is 52.4 Å². The summed E-state index contributed by atoms with van der Waals surface area (Å²) in [6.45, 7) is 1.09. The van der Waals surface area contributed by atoms with E-state index in [4.69, 9.17) is 24.6 Å². The quantitative estimate of drug-likeness (QED) is 0.0473. The molecule has 14 nitrogen and oxygen atoms in total. The van der Waals surface area contributed by atoms with Crippen molar-refractivity contribution in [3.8, 4) is 12.0 Å². The van der Waals surface area contributed by atoms with E-state index >= 15 is 0 Å². The molecule has 17 heteroatoms. The number of amides is 2. The van der Waals surface area contributed by atoms with Gasteiger partial charge in [0.1, 0.15) is 24.0 Å². The molecule has 38 heavy (non-hydrogen) atoms. The van der Waals surface area contributed by atoms with Gasteiger partial charge >= 0.3 is 13.9 Å². The van der Waals surface area contributed by atoms with Gasteiger partial charge in [-0.1, -0.05) is 0 Å². The van der Waals surface area contributed by atoms with Gasteiger partial charge in [-0.05, 0) is 44.4 Å². The average molecular weight is 591 g/mol. The number of phosphoric ester groups is 1. The Morgan fingerprint density at radius 3 is 2.97 bits per heavy atom. The van der Waals surface area contributed by atoms with Crippen LogP contribution in [0.25, 0.3) is 11.0 Å². The van der Waals surface area contributed by atoms with Gasteiger partial charge in [-0.25, -0.2) is 23.6 Å². The number of nitrogens with one attached hydrogen (secondary N) is 2. The molecule has 0 bridgehead atoms. The molecule has 0 aliphatic carbocycles. The van der Waals surface area contributed by atoms with Crippen molar-refractivity contribution in [3.05, 3.63) is 18.1 Å². The molecule has 1 aliphatic heterocycles. The lowest BCUT2D eigenvalue weighted by molar-refractivity contribution is -0.00525. The van der Waals surface area contributed by atoms with Crippen LogP contribution in [0.15, 0.2) is 12.5 Å². The summed E-state index contributed by atoms with van der Waals surface area (Å²) in [6, 6.07) is 2.25. The Hall–Kier alpha value is -1.98. The Kier molecular flexibility index (Phi) is 12.5. The van der Waals surface area contributed by atoms with E-state index in [0.717, 1.165) is 19.3 Å². The number of nitrogens with two attached hydrogens (primary N) is 1. The number of ether oxygens (including phenoxy) is 2. The maximum atomic E-state index is 12.0. The number of rotatable bonds is 14. The topological polar surface area (TPSA) is 192 Å². The minimum absolute atomic E-state index is 0.0773. The third-order valence-corrected chi connectivity index (χ3v) is 7.54. The monoisotopic (exact) mass is 590 g/mol. The summed E-state index contributed by atoms with van der Waals surface area (Å²) in [5, 5.41) is 5.80. The number of urea groups is 1. The average Bonchev–Trinajstić information content (AvgIpc) is 3.49. The zero-order valence-electron chi connectivity index (χ0n) is 20.5. The number of nitrogen functional groups attached to an aromatic ring is 1. The molecule has 2 aromatic heterocycles. The predicted molar refractivity (Wildman–Crippen MR) is 144 cm³/mol. The van der Waals surface area contributed by atoms with Gasteiger partial charge in [0, 0.05) is 25.4 Å². The highest BCUT2D eigenvalue weighted by Gasteiger charge is 2.30. The van der Waals surface area contributed by atoms with Crippen LogP contribution in [0.2, 0.25) is 0 Å². The van der Waals surface area contributed by atoms with Crippen LogP contribution in [0.1, 0.15) is 50.3 Å². The third kappa shape index (κ3) is 9.34. The van der Waals surface area contributed by atoms with Crippen LogP contribution in [-0.2, 0) is 22.9 Å². The first-order valence-electron chi connectivity index (χ1n) is 11.9. The molecule has 0 saturated carbocycles. The lowest BCUT2D eigenvalue weighted by atomic mass is 10.2. The zero-order valence-corrected chi connectivity index (χ0v) is 23.3. The lowest BCUT2D eigenvalue weighted by Crippen LogP contribution is -2.33. The molecular weight excluding hydrogens is 558 g/mol. The van der Waals surface area contributed by atoms with Gasteiger partial charge in [0.05, 0.1) is 29.6 Å². The highest BCUT2D eigenvalue weighted by atomic mass is 32.1. The number of thiol groups is 1. The van der Waals surface area contributed by atoms with E-state index in [2.05, 4.69) is 49.5 Å². The minimum atomic E-state index is -4.28. The molecule has 1 saturated heterocycles. The summed E-state index contributed by atoms with van der Waals surface area (Å²) in [7, 11) is -5.42. The van der Waals surface area contributed by atoms with Gasteiger partial charge in [0.25, 0.3) is 0 Å². The Bertz CT molecular complexity index is 1180. The largest absolute Gasteiger partial charge is 0.477 e. The Balaban J connectivity index is 1.56. The second-order valence-electron chi connectivity index (χ2n) is 8.20. The van der Waals surface area contributed by atoms with E-state index < -0.39 is 22.9 Å². The van der Waals surface area contributed by atoms with Gasteiger partial charge in [-0.2, -0.15) is 12.6 Å². The second-order valence-corrected chi connectivity index (χ2v) is 10.6. The van der Waals surface area contributed by atoms with Gasteiger partial charge in [-0.3, -0.25) is 9.84 Å². The molecule has 1 aliphatic rings. The molecule has 6 N–H and O–H groups in total. The van der Waals surface area contributed by atoms with Crippen molar-refractivity contribution < 1.29 is 37.5 Å². The molecule has 210 valence electrons. The Morgan fingerprint density at radius 2 is 2.18 bits per heavy atom. The van der Waals surface area contributed by atoms with Crippen LogP contribution in [0.4, 0.5) is 10.6 Å². The molecule has 2 aromatic rings. The number of aromatic nitrogens is 3. The van der Waals surface area contributed by atoms with Crippen LogP contribution >= 0.6 is 29.5 Å². The fourth-order valence-electron chi connectivity index (χ4n) is 3.88. The van der Waals surface area contributed by atoms with Crippen LogP contribution in [0, 0.1) is 12.0 Å². The number of phosphoric acid groups is 1. The van der Waals surface area contributed by atoms with E-state index in [1.807, 2.05) is 4.57 Å². The van der Waals surface area contributed by atoms with E-state index in [9.17, 15) is 14.3 Å². The van der Waals surface area contributed by atoms with Crippen molar-refractivity contribution in [2.75, 3.05) is 31.4 Å². The van der Waals surface area contributed by atoms with Crippen LogP contribution in [0.3, 0.4) is 0 Å². The number of carbonyl (C=O) groups excluding carboxylic acids is 1. The van der Waals surface area contributed by atoms with E-state index in [1.54, 1.807) is 6.20 Å². The standard InChI is InChI=1S/C21H32N6O8P2S/c22-19-18-15(6-9-24-21(28)23-8-2-1-3-10-32-14-38)12-27(20(18)26-13-25-19)17-5-4-16(34-17)7-11-33-37(30,31)35-36-29/h12-13,16-17,29,36,38H,1-5,7-8,10-11,14H2,(H,30,31)(H2,22,25,26)(H2,23,24,28)/t16-,17+/m0/s1. The van der Waals surface area contributed by atoms with Crippen molar-refractivity contribution in [1.82, 2.24) is 25.2 Å². The maximum absolute atomic E-state index is 12.0. The van der Waals surface area contributed by atoms with Crippen molar-refractivity contribution in [2.45, 2.75) is 50.9 Å². The second kappa shape index (κ2) is 15.6. The first kappa shape index (κ1) is 30.6. The SMILES string of the molecule is Nc1ncnc2c1c(C#CNC(=O)NCCCCCOCS)cn2[C@H]1CC[C@@H](CCOP(=O)(O)OPO)O1. The van der Waals surface area contributed by atoms with Crippen LogP contribution in [0.5, 0.6) is 0 Å². The van der Waals surface area contributed by atoms with E-state index in [1.165, 1.54) is 6.33 Å². The predicted octanol–water partition coefficient (Wildman–Crippen LogP) is 2.40. The number of carbonyl (C=O) groups is 1. The molecular formula is C21H32N6O8P2S. The van der Waals surface area contributed by atoms with Gasteiger partial charge in [-0.15, -0.1) is 0 Å². The molecule has 2 unspecified atom stereocenters. The van der Waals surface area contributed by atoms with Crippen LogP contribution < -0.4 is 16.4 Å². The number of unbranched alkanes of at least 4 members (excludes halogenated alkanes) is 2. The van der Waals surface area contributed by atoms with Crippen molar-refractivity contribution in [2.24, 2.45) is 0 Å². The first-order valence-corrected chi connectivity index (χ1v) is 14.9. The normalized spacial score (nSPS) is 18.9. The maximum Gasteiger partial charge on any atom is 0.477 e. The molecule has 3 rings (SSSR count). The number of hydrogen-bond acceptors (Lipinski definition) is 11. The summed E-state index contributed by atoms with van der Waals surface area (Å²) in [6.07, 6.45) is 6.82. The van der Waals surface area contributed by atoms with Crippen molar-refractivity contribution in [3.63, 3.8) is 0 Å². The molecule has 0 aromatic carbocycles. The van der Waals surface area contributed by atoms with Crippen molar-refractivity contribution in [1.29, 1.82) is 0 Å².